The van der Waals surface area contributed by atoms with E-state index in [-0.39, 0.29) is 12.4 Å². The third-order valence-electron chi connectivity index (χ3n) is 2.82. The van der Waals surface area contributed by atoms with Gasteiger partial charge in [0, 0.05) is 20.2 Å². The SMILES string of the molecule is COc1cccc(CN(C)S(=O)(=O)CCCCO)c1. The van der Waals surface area contributed by atoms with E-state index in [4.69, 9.17) is 9.84 Å². The number of nitrogens with zero attached hydrogens (tertiary/aromatic N) is 1. The zero-order valence-corrected chi connectivity index (χ0v) is 12.2. The number of rotatable bonds is 8. The van der Waals surface area contributed by atoms with Crippen molar-refractivity contribution in [2.75, 3.05) is 26.5 Å². The number of aliphatic hydroxyl groups excluding tert-OH is 1. The fourth-order valence-electron chi connectivity index (χ4n) is 1.68. The van der Waals surface area contributed by atoms with Crippen LogP contribution in [0.4, 0.5) is 0 Å². The van der Waals surface area contributed by atoms with E-state index in [1.807, 2.05) is 24.3 Å². The Morgan fingerprint density at radius 2 is 2.05 bits per heavy atom. The highest BCUT2D eigenvalue weighted by atomic mass is 32.2. The maximum Gasteiger partial charge on any atom is 0.214 e. The monoisotopic (exact) mass is 287 g/mol. The molecule has 0 bridgehead atoms. The smallest absolute Gasteiger partial charge is 0.214 e. The molecule has 6 heteroatoms. The molecule has 0 saturated carbocycles. The molecule has 5 nitrogen and oxygen atoms in total. The molecule has 0 spiro atoms. The van der Waals surface area contributed by atoms with Crippen molar-refractivity contribution in [1.82, 2.24) is 4.31 Å². The largest absolute Gasteiger partial charge is 0.497 e. The Kier molecular flexibility index (Phi) is 6.27. The van der Waals surface area contributed by atoms with E-state index in [2.05, 4.69) is 0 Å². The molecule has 0 aliphatic rings. The molecule has 0 aliphatic heterocycles. The van der Waals surface area contributed by atoms with Gasteiger partial charge in [-0.15, -0.1) is 0 Å². The molecule has 0 unspecified atom stereocenters. The molecule has 0 heterocycles. The Morgan fingerprint density at radius 1 is 1.32 bits per heavy atom. The Bertz CT molecular complexity index is 487. The number of hydrogen-bond donors (Lipinski definition) is 1. The van der Waals surface area contributed by atoms with E-state index in [0.717, 1.165) is 5.56 Å². The Morgan fingerprint density at radius 3 is 2.68 bits per heavy atom. The summed E-state index contributed by atoms with van der Waals surface area (Å²) in [6, 6.07) is 7.33. The molecule has 1 aromatic carbocycles. The van der Waals surface area contributed by atoms with Crippen LogP contribution in [-0.2, 0) is 16.6 Å². The van der Waals surface area contributed by atoms with Gasteiger partial charge in [-0.25, -0.2) is 12.7 Å². The highest BCUT2D eigenvalue weighted by Crippen LogP contribution is 2.15. The molecule has 0 amide bonds. The predicted octanol–water partition coefficient (Wildman–Crippen LogP) is 1.23. The second kappa shape index (κ2) is 7.47. The maximum atomic E-state index is 12.0. The van der Waals surface area contributed by atoms with Crippen molar-refractivity contribution >= 4 is 10.0 Å². The van der Waals surface area contributed by atoms with Gasteiger partial charge in [0.25, 0.3) is 0 Å². The van der Waals surface area contributed by atoms with Crippen LogP contribution in [-0.4, -0.2) is 44.3 Å². The first kappa shape index (κ1) is 15.9. The van der Waals surface area contributed by atoms with Crippen LogP contribution >= 0.6 is 0 Å². The molecule has 0 atom stereocenters. The summed E-state index contributed by atoms with van der Waals surface area (Å²) in [5.41, 5.74) is 0.882. The first-order valence-corrected chi connectivity index (χ1v) is 7.78. The lowest BCUT2D eigenvalue weighted by Gasteiger charge is -2.17. The zero-order valence-electron chi connectivity index (χ0n) is 11.4. The molecule has 0 radical (unpaired) electrons. The average Bonchev–Trinajstić information content (AvgIpc) is 2.39. The van der Waals surface area contributed by atoms with Crippen LogP contribution in [0.15, 0.2) is 24.3 Å². The van der Waals surface area contributed by atoms with Gasteiger partial charge < -0.3 is 9.84 Å². The van der Waals surface area contributed by atoms with Gasteiger partial charge in [0.2, 0.25) is 10.0 Å². The van der Waals surface area contributed by atoms with Crippen molar-refractivity contribution in [1.29, 1.82) is 0 Å². The molecule has 1 N–H and O–H groups in total. The standard InChI is InChI=1S/C13H21NO4S/c1-14(19(16,17)9-4-3-8-15)11-12-6-5-7-13(10-12)18-2/h5-7,10,15H,3-4,8-9,11H2,1-2H3. The van der Waals surface area contributed by atoms with Crippen LogP contribution < -0.4 is 4.74 Å². The zero-order chi connectivity index (χ0) is 14.3. The average molecular weight is 287 g/mol. The minimum atomic E-state index is -3.27. The summed E-state index contributed by atoms with van der Waals surface area (Å²) in [6.07, 6.45) is 0.980. The molecule has 108 valence electrons. The summed E-state index contributed by atoms with van der Waals surface area (Å²) in [5, 5.41) is 8.67. The third-order valence-corrected chi connectivity index (χ3v) is 4.71. The Labute approximate surface area is 114 Å². The fraction of sp³-hybridized carbons (Fsp3) is 0.538. The lowest BCUT2D eigenvalue weighted by Crippen LogP contribution is -2.28. The number of sulfonamides is 1. The summed E-state index contributed by atoms with van der Waals surface area (Å²) in [4.78, 5) is 0. The van der Waals surface area contributed by atoms with Gasteiger partial charge in [-0.3, -0.25) is 0 Å². The summed E-state index contributed by atoms with van der Waals surface area (Å²) in [6.45, 7) is 0.341. The third kappa shape index (κ3) is 5.18. The molecule has 19 heavy (non-hydrogen) atoms. The Hall–Kier alpha value is -1.11. The number of methoxy groups -OCH3 is 1. The van der Waals surface area contributed by atoms with Crippen molar-refractivity contribution in [3.05, 3.63) is 29.8 Å². The van der Waals surface area contributed by atoms with Gasteiger partial charge in [0.1, 0.15) is 5.75 Å². The van der Waals surface area contributed by atoms with Crippen LogP contribution in [0.3, 0.4) is 0 Å². The highest BCUT2D eigenvalue weighted by Gasteiger charge is 2.17. The van der Waals surface area contributed by atoms with Crippen molar-refractivity contribution in [3.63, 3.8) is 0 Å². The number of hydrogen-bond acceptors (Lipinski definition) is 4. The highest BCUT2D eigenvalue weighted by molar-refractivity contribution is 7.89. The van der Waals surface area contributed by atoms with Crippen LogP contribution in [0.2, 0.25) is 0 Å². The molecular formula is C13H21NO4S. The minimum Gasteiger partial charge on any atom is -0.497 e. The second-order valence-electron chi connectivity index (χ2n) is 4.35. The van der Waals surface area contributed by atoms with E-state index in [1.54, 1.807) is 14.2 Å². The van der Waals surface area contributed by atoms with Crippen LogP contribution in [0, 0.1) is 0 Å². The van der Waals surface area contributed by atoms with Crippen molar-refractivity contribution in [2.24, 2.45) is 0 Å². The molecule has 0 saturated heterocycles. The topological polar surface area (TPSA) is 66.8 Å². The van der Waals surface area contributed by atoms with Gasteiger partial charge in [-0.2, -0.15) is 0 Å². The first-order valence-electron chi connectivity index (χ1n) is 6.17. The molecule has 1 aromatic rings. The number of unbranched alkanes of at least 4 members (excludes halogenated alkanes) is 1. The van der Waals surface area contributed by atoms with Crippen molar-refractivity contribution in [3.8, 4) is 5.75 Å². The van der Waals surface area contributed by atoms with Gasteiger partial charge in [0.15, 0.2) is 0 Å². The van der Waals surface area contributed by atoms with Crippen LogP contribution in [0.5, 0.6) is 5.75 Å². The van der Waals surface area contributed by atoms with Crippen LogP contribution in [0.25, 0.3) is 0 Å². The lowest BCUT2D eigenvalue weighted by atomic mass is 10.2. The molecule has 0 aromatic heterocycles. The summed E-state index contributed by atoms with van der Waals surface area (Å²) >= 11 is 0. The quantitative estimate of drug-likeness (QED) is 0.730. The van der Waals surface area contributed by atoms with Crippen molar-refractivity contribution < 1.29 is 18.3 Å². The van der Waals surface area contributed by atoms with Gasteiger partial charge in [-0.1, -0.05) is 12.1 Å². The van der Waals surface area contributed by atoms with Crippen LogP contribution in [0.1, 0.15) is 18.4 Å². The fourth-order valence-corrected chi connectivity index (χ4v) is 2.90. The number of benzene rings is 1. The summed E-state index contributed by atoms with van der Waals surface area (Å²) in [7, 11) is -0.128. The van der Waals surface area contributed by atoms with E-state index in [0.29, 0.717) is 25.1 Å². The number of ether oxygens (including phenoxy) is 1. The number of aliphatic hydroxyl groups is 1. The van der Waals surface area contributed by atoms with Gasteiger partial charge >= 0.3 is 0 Å². The minimum absolute atomic E-state index is 0.0229. The normalized spacial score (nSPS) is 11.8. The second-order valence-corrected chi connectivity index (χ2v) is 6.55. The maximum absolute atomic E-state index is 12.0. The molecule has 0 aliphatic carbocycles. The predicted molar refractivity (Wildman–Crippen MR) is 74.6 cm³/mol. The molecular weight excluding hydrogens is 266 g/mol. The van der Waals surface area contributed by atoms with Crippen molar-refractivity contribution in [2.45, 2.75) is 19.4 Å². The van der Waals surface area contributed by atoms with Gasteiger partial charge in [-0.05, 0) is 30.5 Å². The van der Waals surface area contributed by atoms with E-state index in [1.165, 1.54) is 4.31 Å². The Balaban J connectivity index is 2.64. The van der Waals surface area contributed by atoms with E-state index in [9.17, 15) is 8.42 Å². The lowest BCUT2D eigenvalue weighted by molar-refractivity contribution is 0.287. The summed E-state index contributed by atoms with van der Waals surface area (Å²) < 4.78 is 30.4. The molecule has 1 rings (SSSR count). The summed E-state index contributed by atoms with van der Waals surface area (Å²) in [5.74, 6) is 0.775. The van der Waals surface area contributed by atoms with E-state index < -0.39 is 10.0 Å². The van der Waals surface area contributed by atoms with Gasteiger partial charge in [0.05, 0.1) is 12.9 Å². The first-order chi connectivity index (χ1) is 8.99. The van der Waals surface area contributed by atoms with E-state index >= 15 is 0 Å². The molecule has 0 fully saturated rings.